The van der Waals surface area contributed by atoms with E-state index in [1.807, 2.05) is 0 Å². The maximum Gasteiger partial charge on any atom is 0.0194 e. The van der Waals surface area contributed by atoms with Gasteiger partial charge >= 0.3 is 0 Å². The number of hydrogen-bond acceptors (Lipinski definition) is 2. The van der Waals surface area contributed by atoms with Gasteiger partial charge in [0.2, 0.25) is 0 Å². The summed E-state index contributed by atoms with van der Waals surface area (Å²) >= 11 is 0. The van der Waals surface area contributed by atoms with Gasteiger partial charge in [-0.2, -0.15) is 0 Å². The van der Waals surface area contributed by atoms with Crippen LogP contribution in [0.1, 0.15) is 19.3 Å². The molecule has 0 aromatic carbocycles. The van der Waals surface area contributed by atoms with Crippen molar-refractivity contribution >= 4 is 0 Å². The lowest BCUT2D eigenvalue weighted by Crippen LogP contribution is -2.36. The van der Waals surface area contributed by atoms with Crippen molar-refractivity contribution in [3.8, 4) is 0 Å². The second-order valence-corrected chi connectivity index (χ2v) is 3.93. The molecule has 1 rings (SSSR count). The van der Waals surface area contributed by atoms with E-state index in [0.717, 1.165) is 5.92 Å². The van der Waals surface area contributed by atoms with Gasteiger partial charge < -0.3 is 10.2 Å². The number of rotatable bonds is 5. The summed E-state index contributed by atoms with van der Waals surface area (Å²) < 4.78 is 0. The Morgan fingerprint density at radius 2 is 2.09 bits per heavy atom. The lowest BCUT2D eigenvalue weighted by atomic mass is 10.1. The maximum absolute atomic E-state index is 3.36. The second-order valence-electron chi connectivity index (χ2n) is 3.93. The van der Waals surface area contributed by atoms with Crippen LogP contribution in [0.5, 0.6) is 0 Å². The minimum atomic E-state index is 0.706. The van der Waals surface area contributed by atoms with Crippen LogP contribution in [0, 0.1) is 5.92 Å². The fourth-order valence-electron chi connectivity index (χ4n) is 1.48. The van der Waals surface area contributed by atoms with Crippen LogP contribution in [0.25, 0.3) is 0 Å². The van der Waals surface area contributed by atoms with E-state index in [2.05, 4.69) is 31.4 Å². The van der Waals surface area contributed by atoms with Gasteiger partial charge in [0.05, 0.1) is 0 Å². The first kappa shape index (κ1) is 9.01. The molecule has 0 aliphatic heterocycles. The topological polar surface area (TPSA) is 15.3 Å². The fraction of sp³-hybridized carbons (Fsp3) is 1.00. The molecule has 2 heteroatoms. The predicted molar refractivity (Wildman–Crippen MR) is 48.7 cm³/mol. The summed E-state index contributed by atoms with van der Waals surface area (Å²) in [7, 11) is 6.34. The zero-order valence-electron chi connectivity index (χ0n) is 7.93. The van der Waals surface area contributed by atoms with Crippen molar-refractivity contribution in [1.82, 2.24) is 10.2 Å². The summed E-state index contributed by atoms with van der Waals surface area (Å²) in [5, 5.41) is 3.36. The Bertz CT molecular complexity index is 104. The van der Waals surface area contributed by atoms with Gasteiger partial charge in [0.15, 0.2) is 0 Å². The summed E-state index contributed by atoms with van der Waals surface area (Å²) in [6.45, 7) is 1.17. The van der Waals surface area contributed by atoms with Crippen LogP contribution in [0.3, 0.4) is 0 Å². The normalized spacial score (nSPS) is 20.7. The van der Waals surface area contributed by atoms with Crippen molar-refractivity contribution in [2.24, 2.45) is 5.92 Å². The van der Waals surface area contributed by atoms with Crippen molar-refractivity contribution in [1.29, 1.82) is 0 Å². The van der Waals surface area contributed by atoms with Gasteiger partial charge in [0.25, 0.3) is 0 Å². The molecule has 11 heavy (non-hydrogen) atoms. The van der Waals surface area contributed by atoms with Crippen molar-refractivity contribution < 1.29 is 0 Å². The summed E-state index contributed by atoms with van der Waals surface area (Å²) in [4.78, 5) is 2.25. The number of nitrogens with one attached hydrogen (secondary N) is 1. The van der Waals surface area contributed by atoms with Gasteiger partial charge in [-0.05, 0) is 33.5 Å². The van der Waals surface area contributed by atoms with Gasteiger partial charge in [-0.3, -0.25) is 0 Å². The molecule has 0 amide bonds. The molecule has 0 aromatic heterocycles. The van der Waals surface area contributed by atoms with Gasteiger partial charge in [-0.25, -0.2) is 0 Å². The molecule has 1 fully saturated rings. The Balaban J connectivity index is 2.12. The Hall–Kier alpha value is -0.0800. The van der Waals surface area contributed by atoms with Crippen LogP contribution < -0.4 is 5.32 Å². The Morgan fingerprint density at radius 1 is 1.45 bits per heavy atom. The van der Waals surface area contributed by atoms with Gasteiger partial charge in [-0.15, -0.1) is 0 Å². The molecule has 0 radical (unpaired) electrons. The van der Waals surface area contributed by atoms with Crippen LogP contribution in [0.15, 0.2) is 0 Å². The SMILES string of the molecule is CNC(CC1CC1)CN(C)C. The molecule has 0 saturated heterocycles. The average Bonchev–Trinajstić information content (AvgIpc) is 2.69. The molecule has 0 aromatic rings. The molecule has 66 valence electrons. The Labute approximate surface area is 70.0 Å². The molecule has 1 aliphatic rings. The van der Waals surface area contributed by atoms with Gasteiger partial charge in [-0.1, -0.05) is 12.8 Å². The van der Waals surface area contributed by atoms with E-state index in [0.29, 0.717) is 6.04 Å². The summed E-state index contributed by atoms with van der Waals surface area (Å²) in [6, 6.07) is 0.706. The predicted octanol–water partition coefficient (Wildman–Crippen LogP) is 0.936. The number of hydrogen-bond donors (Lipinski definition) is 1. The first-order valence-electron chi connectivity index (χ1n) is 4.54. The molecule has 0 bridgehead atoms. The standard InChI is InChI=1S/C9H20N2/c1-10-9(7-11(2)3)6-8-4-5-8/h8-10H,4-7H2,1-3H3. The van der Waals surface area contributed by atoms with Gasteiger partial charge in [0, 0.05) is 12.6 Å². The molecule has 1 atom stereocenters. The van der Waals surface area contributed by atoms with Crippen molar-refractivity contribution in [3.63, 3.8) is 0 Å². The zero-order valence-corrected chi connectivity index (χ0v) is 7.93. The minimum Gasteiger partial charge on any atom is -0.316 e. The monoisotopic (exact) mass is 156 g/mol. The third kappa shape index (κ3) is 3.73. The third-order valence-electron chi connectivity index (χ3n) is 2.31. The van der Waals surface area contributed by atoms with Gasteiger partial charge in [0.1, 0.15) is 0 Å². The molecule has 1 N–H and O–H groups in total. The molecule has 2 nitrogen and oxygen atoms in total. The number of likely N-dealkylation sites (N-methyl/N-ethyl adjacent to an activating group) is 2. The van der Waals surface area contributed by atoms with Crippen molar-refractivity contribution in [3.05, 3.63) is 0 Å². The van der Waals surface area contributed by atoms with Crippen molar-refractivity contribution in [2.45, 2.75) is 25.3 Å². The highest BCUT2D eigenvalue weighted by molar-refractivity contribution is 4.80. The second kappa shape index (κ2) is 4.07. The van der Waals surface area contributed by atoms with Crippen LogP contribution in [-0.2, 0) is 0 Å². The summed E-state index contributed by atoms with van der Waals surface area (Å²) in [5.41, 5.74) is 0. The first-order valence-corrected chi connectivity index (χ1v) is 4.54. The van der Waals surface area contributed by atoms with E-state index in [1.165, 1.54) is 25.8 Å². The molecule has 0 spiro atoms. The fourth-order valence-corrected chi connectivity index (χ4v) is 1.48. The van der Waals surface area contributed by atoms with E-state index >= 15 is 0 Å². The van der Waals surface area contributed by atoms with E-state index in [1.54, 1.807) is 0 Å². The third-order valence-corrected chi connectivity index (χ3v) is 2.31. The lowest BCUT2D eigenvalue weighted by molar-refractivity contribution is 0.330. The van der Waals surface area contributed by atoms with E-state index in [4.69, 9.17) is 0 Å². The zero-order chi connectivity index (χ0) is 8.27. The van der Waals surface area contributed by atoms with Crippen LogP contribution in [0.2, 0.25) is 0 Å². The lowest BCUT2D eigenvalue weighted by Gasteiger charge is -2.19. The Morgan fingerprint density at radius 3 is 2.45 bits per heavy atom. The smallest absolute Gasteiger partial charge is 0.0194 e. The van der Waals surface area contributed by atoms with Crippen LogP contribution >= 0.6 is 0 Å². The highest BCUT2D eigenvalue weighted by atomic mass is 15.1. The molecule has 1 unspecified atom stereocenters. The van der Waals surface area contributed by atoms with Crippen LogP contribution in [0.4, 0.5) is 0 Å². The first-order chi connectivity index (χ1) is 5.22. The largest absolute Gasteiger partial charge is 0.316 e. The highest BCUT2D eigenvalue weighted by Crippen LogP contribution is 2.33. The molecule has 1 aliphatic carbocycles. The summed E-state index contributed by atoms with van der Waals surface area (Å²) in [5.74, 6) is 1.03. The van der Waals surface area contributed by atoms with E-state index in [9.17, 15) is 0 Å². The number of nitrogens with zero attached hydrogens (tertiary/aromatic N) is 1. The molecular weight excluding hydrogens is 136 g/mol. The van der Waals surface area contributed by atoms with Crippen molar-refractivity contribution in [2.75, 3.05) is 27.7 Å². The average molecular weight is 156 g/mol. The highest BCUT2D eigenvalue weighted by Gasteiger charge is 2.24. The van der Waals surface area contributed by atoms with Crippen LogP contribution in [-0.4, -0.2) is 38.6 Å². The minimum absolute atomic E-state index is 0.706. The summed E-state index contributed by atoms with van der Waals surface area (Å²) in [6.07, 6.45) is 4.30. The molecule has 1 saturated carbocycles. The quantitative estimate of drug-likeness (QED) is 0.637. The maximum atomic E-state index is 3.36. The van der Waals surface area contributed by atoms with E-state index < -0.39 is 0 Å². The molecular formula is C9H20N2. The Kier molecular flexibility index (Phi) is 3.34. The van der Waals surface area contributed by atoms with E-state index in [-0.39, 0.29) is 0 Å². The molecule has 0 heterocycles.